The van der Waals surface area contributed by atoms with E-state index in [0.29, 0.717) is 28.6 Å². The summed E-state index contributed by atoms with van der Waals surface area (Å²) in [5.41, 5.74) is 5.27. The number of para-hydroxylation sites is 2. The third-order valence-corrected chi connectivity index (χ3v) is 5.67. The average molecular weight is 442 g/mol. The van der Waals surface area contributed by atoms with E-state index in [1.807, 2.05) is 76.2 Å². The number of hydrogen-bond donors (Lipinski definition) is 3. The predicted molar refractivity (Wildman–Crippen MR) is 132 cm³/mol. The molecule has 0 aromatic heterocycles. The Bertz CT molecular complexity index is 1280. The molecular formula is C28H27NO4. The molecule has 0 bridgehead atoms. The largest absolute Gasteiger partial charge is 0.508 e. The minimum absolute atomic E-state index is 0.0779. The van der Waals surface area contributed by atoms with Gasteiger partial charge < -0.3 is 20.1 Å². The lowest BCUT2D eigenvalue weighted by molar-refractivity contribution is 0.452. The van der Waals surface area contributed by atoms with E-state index in [4.69, 9.17) is 4.74 Å². The lowest BCUT2D eigenvalue weighted by Crippen LogP contribution is -2.12. The molecule has 0 amide bonds. The van der Waals surface area contributed by atoms with Crippen LogP contribution in [0.4, 0.5) is 17.1 Å². The van der Waals surface area contributed by atoms with Gasteiger partial charge in [0.2, 0.25) is 0 Å². The zero-order valence-electron chi connectivity index (χ0n) is 19.1. The van der Waals surface area contributed by atoms with Crippen molar-refractivity contribution >= 4 is 17.1 Å². The molecule has 0 spiro atoms. The zero-order valence-corrected chi connectivity index (χ0v) is 19.1. The van der Waals surface area contributed by atoms with Gasteiger partial charge in [0.1, 0.15) is 23.0 Å². The van der Waals surface area contributed by atoms with Gasteiger partial charge in [0.25, 0.3) is 0 Å². The van der Waals surface area contributed by atoms with E-state index >= 15 is 0 Å². The van der Waals surface area contributed by atoms with Crippen molar-refractivity contribution in [2.75, 3.05) is 4.90 Å². The first-order valence-electron chi connectivity index (χ1n) is 10.7. The molecule has 4 aromatic carbocycles. The molecule has 0 fully saturated rings. The second kappa shape index (κ2) is 8.79. The summed E-state index contributed by atoms with van der Waals surface area (Å²) in [7, 11) is 0. The molecule has 4 rings (SSSR count). The van der Waals surface area contributed by atoms with Crippen LogP contribution < -0.4 is 9.64 Å². The second-order valence-corrected chi connectivity index (χ2v) is 8.28. The number of nitrogens with zero attached hydrogens (tertiary/aromatic N) is 1. The number of rotatable bonds is 5. The van der Waals surface area contributed by atoms with Crippen LogP contribution in [0.3, 0.4) is 0 Å². The normalized spacial score (nSPS) is 10.8. The van der Waals surface area contributed by atoms with Crippen molar-refractivity contribution in [2.24, 2.45) is 0 Å². The summed E-state index contributed by atoms with van der Waals surface area (Å²) in [5.74, 6) is 1.31. The van der Waals surface area contributed by atoms with Crippen LogP contribution in [-0.2, 0) is 0 Å². The van der Waals surface area contributed by atoms with Crippen molar-refractivity contribution in [1.82, 2.24) is 0 Å². The van der Waals surface area contributed by atoms with Gasteiger partial charge in [-0.15, -0.1) is 0 Å². The smallest absolute Gasteiger partial charge is 0.151 e. The minimum atomic E-state index is 0.0779. The molecule has 0 heterocycles. The van der Waals surface area contributed by atoms with Crippen molar-refractivity contribution in [1.29, 1.82) is 0 Å². The van der Waals surface area contributed by atoms with Crippen molar-refractivity contribution in [3.05, 3.63) is 95.1 Å². The number of anilines is 3. The summed E-state index contributed by atoms with van der Waals surface area (Å²) in [4.78, 5) is 1.77. The van der Waals surface area contributed by atoms with Crippen LogP contribution in [0.1, 0.15) is 22.3 Å². The van der Waals surface area contributed by atoms with Crippen LogP contribution >= 0.6 is 0 Å². The maximum atomic E-state index is 10.8. The molecule has 3 N–H and O–H groups in total. The number of phenols is 3. The van der Waals surface area contributed by atoms with Gasteiger partial charge in [0.15, 0.2) is 5.75 Å². The Morgan fingerprint density at radius 3 is 1.76 bits per heavy atom. The van der Waals surface area contributed by atoms with Gasteiger partial charge in [-0.05, 0) is 92.4 Å². The Morgan fingerprint density at radius 1 is 0.606 bits per heavy atom. The fraction of sp³-hybridized carbons (Fsp3) is 0.143. The lowest BCUT2D eigenvalue weighted by atomic mass is 10.1. The number of phenolic OH excluding ortho intramolecular Hbond substituents is 3. The molecule has 4 aromatic rings. The molecule has 5 nitrogen and oxygen atoms in total. The van der Waals surface area contributed by atoms with Gasteiger partial charge in [-0.25, -0.2) is 0 Å². The fourth-order valence-electron chi connectivity index (χ4n) is 3.80. The zero-order chi connectivity index (χ0) is 23.7. The third-order valence-electron chi connectivity index (χ3n) is 5.67. The first-order valence-corrected chi connectivity index (χ1v) is 10.7. The summed E-state index contributed by atoms with van der Waals surface area (Å²) in [6, 6.07) is 21.5. The molecule has 0 unspecified atom stereocenters. The summed E-state index contributed by atoms with van der Waals surface area (Å²) in [6.45, 7) is 7.65. The molecule has 5 heteroatoms. The van der Waals surface area contributed by atoms with Gasteiger partial charge in [0.05, 0.1) is 17.1 Å². The lowest BCUT2D eigenvalue weighted by Gasteiger charge is -2.28. The maximum Gasteiger partial charge on any atom is 0.151 e. The van der Waals surface area contributed by atoms with Gasteiger partial charge in [-0.2, -0.15) is 0 Å². The highest BCUT2D eigenvalue weighted by Crippen LogP contribution is 2.48. The Kier molecular flexibility index (Phi) is 5.88. The molecule has 0 aliphatic heterocycles. The highest BCUT2D eigenvalue weighted by Gasteiger charge is 2.23. The summed E-state index contributed by atoms with van der Waals surface area (Å²) in [6.07, 6.45) is 0. The molecular weight excluding hydrogens is 414 g/mol. The van der Waals surface area contributed by atoms with Crippen LogP contribution in [0.15, 0.2) is 72.8 Å². The average Bonchev–Trinajstić information content (AvgIpc) is 2.75. The SMILES string of the molecule is Cc1ccc(N(c2ccc(C)cc2O)c2ccccc2Oc2cc(O)cc(C)c2C)c(O)c1. The molecule has 33 heavy (non-hydrogen) atoms. The van der Waals surface area contributed by atoms with Crippen LogP contribution in [0.2, 0.25) is 0 Å². The Morgan fingerprint density at radius 2 is 1.18 bits per heavy atom. The summed E-state index contributed by atoms with van der Waals surface area (Å²) < 4.78 is 6.29. The van der Waals surface area contributed by atoms with E-state index in [0.717, 1.165) is 22.3 Å². The molecule has 0 atom stereocenters. The van der Waals surface area contributed by atoms with Crippen molar-refractivity contribution in [3.63, 3.8) is 0 Å². The first kappa shape index (κ1) is 22.1. The minimum Gasteiger partial charge on any atom is -0.508 e. The Labute approximate surface area is 193 Å². The van der Waals surface area contributed by atoms with Crippen LogP contribution in [0.25, 0.3) is 0 Å². The van der Waals surface area contributed by atoms with E-state index in [9.17, 15) is 15.3 Å². The monoisotopic (exact) mass is 441 g/mol. The number of hydrogen-bond acceptors (Lipinski definition) is 5. The van der Waals surface area contributed by atoms with Gasteiger partial charge >= 0.3 is 0 Å². The topological polar surface area (TPSA) is 73.2 Å². The van der Waals surface area contributed by atoms with Gasteiger partial charge in [-0.1, -0.05) is 24.3 Å². The van der Waals surface area contributed by atoms with E-state index in [1.165, 1.54) is 0 Å². The van der Waals surface area contributed by atoms with Crippen molar-refractivity contribution in [3.8, 4) is 28.7 Å². The Hall–Kier alpha value is -4.12. The number of aromatic hydroxyl groups is 3. The van der Waals surface area contributed by atoms with E-state index in [2.05, 4.69) is 0 Å². The Balaban J connectivity index is 1.92. The number of ether oxygens (including phenoxy) is 1. The number of benzene rings is 4. The fourth-order valence-corrected chi connectivity index (χ4v) is 3.80. The standard InChI is InChI=1S/C28H27NO4/c1-17-9-11-22(25(31)13-17)29(23-12-10-18(2)14-26(23)32)24-7-5-6-8-27(24)33-28-16-21(30)15-19(3)20(28)4/h5-16,30-32H,1-4H3. The molecule has 0 saturated heterocycles. The molecule has 168 valence electrons. The molecule has 0 aliphatic carbocycles. The van der Waals surface area contributed by atoms with Gasteiger partial charge in [-0.3, -0.25) is 4.90 Å². The molecule has 0 aliphatic rings. The van der Waals surface area contributed by atoms with Crippen LogP contribution in [-0.4, -0.2) is 15.3 Å². The quantitative estimate of drug-likeness (QED) is 0.303. The second-order valence-electron chi connectivity index (χ2n) is 8.28. The van der Waals surface area contributed by atoms with Gasteiger partial charge in [0, 0.05) is 6.07 Å². The predicted octanol–water partition coefficient (Wildman–Crippen LogP) is 7.30. The van der Waals surface area contributed by atoms with E-state index in [-0.39, 0.29) is 17.2 Å². The maximum absolute atomic E-state index is 10.8. The highest BCUT2D eigenvalue weighted by molar-refractivity contribution is 5.85. The van der Waals surface area contributed by atoms with Crippen molar-refractivity contribution in [2.45, 2.75) is 27.7 Å². The number of aryl methyl sites for hydroxylation is 3. The molecule has 0 saturated carbocycles. The summed E-state index contributed by atoms with van der Waals surface area (Å²) >= 11 is 0. The van der Waals surface area contributed by atoms with Crippen molar-refractivity contribution < 1.29 is 20.1 Å². The van der Waals surface area contributed by atoms with E-state index in [1.54, 1.807) is 29.2 Å². The third kappa shape index (κ3) is 4.44. The highest BCUT2D eigenvalue weighted by atomic mass is 16.5. The first-order chi connectivity index (χ1) is 15.7. The van der Waals surface area contributed by atoms with Crippen LogP contribution in [0.5, 0.6) is 28.7 Å². The van der Waals surface area contributed by atoms with Crippen LogP contribution in [0, 0.1) is 27.7 Å². The van der Waals surface area contributed by atoms with E-state index < -0.39 is 0 Å². The molecule has 0 radical (unpaired) electrons. The summed E-state index contributed by atoms with van der Waals surface area (Å²) in [5, 5.41) is 31.8.